The summed E-state index contributed by atoms with van der Waals surface area (Å²) in [6.45, 7) is 4.63. The molecule has 1 aliphatic heterocycles. The van der Waals surface area contributed by atoms with Crippen molar-refractivity contribution in [2.24, 2.45) is 0 Å². The van der Waals surface area contributed by atoms with Gasteiger partial charge in [0.1, 0.15) is 30.5 Å². The monoisotopic (exact) mass is 857 g/mol. The Morgan fingerprint density at radius 3 is 1.18 bits per heavy atom. The summed E-state index contributed by atoms with van der Waals surface area (Å²) in [5.41, 5.74) is 0. The molecule has 1 rings (SSSR count). The summed E-state index contributed by atoms with van der Waals surface area (Å²) in [5.74, 6) is -0.305. The van der Waals surface area contributed by atoms with E-state index in [2.05, 4.69) is 13.8 Å². The Morgan fingerprint density at radius 1 is 0.467 bits per heavy atom. The van der Waals surface area contributed by atoms with Crippen molar-refractivity contribution in [2.75, 3.05) is 26.4 Å². The van der Waals surface area contributed by atoms with Crippen molar-refractivity contribution in [3.8, 4) is 0 Å². The summed E-state index contributed by atoms with van der Waals surface area (Å²) in [6.07, 6.45) is 41.4. The van der Waals surface area contributed by atoms with Crippen LogP contribution in [0.5, 0.6) is 0 Å². The second kappa shape index (κ2) is 43.4. The molecule has 1 fully saturated rings. The number of unbranched alkanes of at least 4 members (excludes halogenated alkanes) is 35. The van der Waals surface area contributed by atoms with Crippen LogP contribution in [0.2, 0.25) is 0 Å². The van der Waals surface area contributed by atoms with Gasteiger partial charge in [-0.2, -0.15) is 0 Å². The lowest BCUT2D eigenvalue weighted by molar-refractivity contribution is -0.305. The highest BCUT2D eigenvalue weighted by atomic mass is 16.7. The smallest absolute Gasteiger partial charge is 0.306 e. The predicted octanol–water partition coefficient (Wildman–Crippen LogP) is 12.6. The van der Waals surface area contributed by atoms with Crippen molar-refractivity contribution >= 4 is 5.97 Å². The van der Waals surface area contributed by atoms with Gasteiger partial charge in [-0.05, 0) is 12.8 Å². The average molecular weight is 857 g/mol. The Labute approximate surface area is 370 Å². The molecule has 358 valence electrons. The van der Waals surface area contributed by atoms with E-state index in [4.69, 9.17) is 18.9 Å². The van der Waals surface area contributed by atoms with E-state index in [1.807, 2.05) is 0 Å². The number of carbonyl (C=O) groups is 1. The summed E-state index contributed by atoms with van der Waals surface area (Å²) in [4.78, 5) is 12.8. The number of esters is 1. The highest BCUT2D eigenvalue weighted by Gasteiger charge is 2.44. The molecule has 0 aliphatic carbocycles. The van der Waals surface area contributed by atoms with Crippen LogP contribution in [0.15, 0.2) is 0 Å². The van der Waals surface area contributed by atoms with Gasteiger partial charge in [0.25, 0.3) is 0 Å². The van der Waals surface area contributed by atoms with Gasteiger partial charge in [0, 0.05) is 13.0 Å². The van der Waals surface area contributed by atoms with E-state index in [0.717, 1.165) is 32.1 Å². The number of aliphatic hydroxyl groups is 4. The number of carbonyl (C=O) groups excluding carboxylic acids is 1. The Kier molecular flexibility index (Phi) is 41.4. The Hall–Kier alpha value is -0.810. The topological polar surface area (TPSA) is 135 Å². The van der Waals surface area contributed by atoms with E-state index >= 15 is 0 Å². The molecule has 6 atom stereocenters. The van der Waals surface area contributed by atoms with Gasteiger partial charge in [-0.25, -0.2) is 0 Å². The molecule has 0 aromatic rings. The fourth-order valence-corrected chi connectivity index (χ4v) is 8.44. The van der Waals surface area contributed by atoms with Crippen LogP contribution in [-0.2, 0) is 23.7 Å². The molecule has 0 saturated carbocycles. The average Bonchev–Trinajstić information content (AvgIpc) is 3.25. The van der Waals surface area contributed by atoms with Crippen molar-refractivity contribution in [2.45, 2.75) is 295 Å². The van der Waals surface area contributed by atoms with E-state index in [0.29, 0.717) is 13.0 Å². The third-order valence-electron chi connectivity index (χ3n) is 12.5. The predicted molar refractivity (Wildman–Crippen MR) is 247 cm³/mol. The van der Waals surface area contributed by atoms with Gasteiger partial charge in [0.05, 0.1) is 19.8 Å². The zero-order chi connectivity index (χ0) is 43.6. The molecule has 0 radical (unpaired) electrons. The molecule has 1 aliphatic rings. The molecule has 1 heterocycles. The summed E-state index contributed by atoms with van der Waals surface area (Å²) >= 11 is 0. The largest absolute Gasteiger partial charge is 0.457 e. The maximum Gasteiger partial charge on any atom is 0.306 e. The van der Waals surface area contributed by atoms with E-state index in [9.17, 15) is 25.2 Å². The number of ether oxygens (including phenoxy) is 4. The van der Waals surface area contributed by atoms with Crippen molar-refractivity contribution in [1.29, 1.82) is 0 Å². The van der Waals surface area contributed by atoms with Gasteiger partial charge >= 0.3 is 5.97 Å². The molecule has 6 unspecified atom stereocenters. The minimum atomic E-state index is -1.53. The molecule has 9 nitrogen and oxygen atoms in total. The first-order chi connectivity index (χ1) is 29.4. The summed E-state index contributed by atoms with van der Waals surface area (Å²) < 4.78 is 22.9. The summed E-state index contributed by atoms with van der Waals surface area (Å²) in [7, 11) is 0. The van der Waals surface area contributed by atoms with Gasteiger partial charge in [0.2, 0.25) is 0 Å². The SMILES string of the molecule is CCCCCCCCCCCCCCCCCCCCCCCCCC(=O)OC(COCCCCCCCCCCCCCCCC)COC1OC(CO)C(O)C(O)C1O. The van der Waals surface area contributed by atoms with Crippen molar-refractivity contribution < 1.29 is 44.2 Å². The van der Waals surface area contributed by atoms with Crippen LogP contribution in [0.3, 0.4) is 0 Å². The van der Waals surface area contributed by atoms with Gasteiger partial charge in [-0.1, -0.05) is 239 Å². The van der Waals surface area contributed by atoms with Crippen LogP contribution < -0.4 is 0 Å². The molecule has 9 heteroatoms. The Balaban J connectivity index is 2.15. The molecule has 60 heavy (non-hydrogen) atoms. The summed E-state index contributed by atoms with van der Waals surface area (Å²) in [5, 5.41) is 40.2. The first-order valence-corrected chi connectivity index (χ1v) is 26.1. The van der Waals surface area contributed by atoms with Crippen LogP contribution in [0.25, 0.3) is 0 Å². The lowest BCUT2D eigenvalue weighted by Crippen LogP contribution is -2.59. The number of hydrogen-bond acceptors (Lipinski definition) is 9. The first-order valence-electron chi connectivity index (χ1n) is 26.1. The lowest BCUT2D eigenvalue weighted by atomic mass is 9.99. The molecule has 0 bridgehead atoms. The van der Waals surface area contributed by atoms with Crippen LogP contribution >= 0.6 is 0 Å². The standard InChI is InChI=1S/C51H100O9/c1-3-5-7-9-11-13-15-17-19-20-21-22-23-24-25-26-27-28-30-32-34-36-38-40-47(53)59-45(44-58-51-50(56)49(55)48(54)46(42-52)60-51)43-57-41-39-37-35-33-31-29-18-16-14-12-10-8-6-4-2/h45-46,48-52,54-56H,3-44H2,1-2H3. The molecule has 0 aromatic carbocycles. The van der Waals surface area contributed by atoms with E-state index < -0.39 is 43.4 Å². The minimum absolute atomic E-state index is 0.105. The van der Waals surface area contributed by atoms with E-state index in [-0.39, 0.29) is 19.2 Å². The molecule has 1 saturated heterocycles. The van der Waals surface area contributed by atoms with Gasteiger partial charge < -0.3 is 39.4 Å². The minimum Gasteiger partial charge on any atom is -0.457 e. The zero-order valence-electron chi connectivity index (χ0n) is 39.5. The van der Waals surface area contributed by atoms with E-state index in [1.165, 1.54) is 205 Å². The molecule has 0 amide bonds. The molecular formula is C51H100O9. The highest BCUT2D eigenvalue weighted by molar-refractivity contribution is 5.69. The van der Waals surface area contributed by atoms with Crippen LogP contribution in [0.4, 0.5) is 0 Å². The normalized spacial score (nSPS) is 19.9. The molecule has 0 spiro atoms. The quantitative estimate of drug-likeness (QED) is 0.0348. The fourth-order valence-electron chi connectivity index (χ4n) is 8.44. The zero-order valence-corrected chi connectivity index (χ0v) is 39.5. The van der Waals surface area contributed by atoms with Gasteiger partial charge in [-0.3, -0.25) is 4.79 Å². The Morgan fingerprint density at radius 2 is 0.817 bits per heavy atom. The number of aliphatic hydroxyl groups excluding tert-OH is 4. The van der Waals surface area contributed by atoms with Crippen molar-refractivity contribution in [1.82, 2.24) is 0 Å². The molecule has 0 aromatic heterocycles. The van der Waals surface area contributed by atoms with Crippen molar-refractivity contribution in [3.05, 3.63) is 0 Å². The maximum atomic E-state index is 12.8. The second-order valence-corrected chi connectivity index (χ2v) is 18.3. The van der Waals surface area contributed by atoms with E-state index in [1.54, 1.807) is 0 Å². The number of hydrogen-bond donors (Lipinski definition) is 4. The fraction of sp³-hybridized carbons (Fsp3) is 0.980. The Bertz CT molecular complexity index is 889. The van der Waals surface area contributed by atoms with Crippen molar-refractivity contribution in [3.63, 3.8) is 0 Å². The summed E-state index contributed by atoms with van der Waals surface area (Å²) in [6, 6.07) is 0. The van der Waals surface area contributed by atoms with Gasteiger partial charge in [0.15, 0.2) is 6.29 Å². The lowest BCUT2D eigenvalue weighted by Gasteiger charge is -2.39. The van der Waals surface area contributed by atoms with Crippen LogP contribution in [0, 0.1) is 0 Å². The highest BCUT2D eigenvalue weighted by Crippen LogP contribution is 2.23. The molecular weight excluding hydrogens is 757 g/mol. The van der Waals surface area contributed by atoms with Crippen LogP contribution in [-0.4, -0.2) is 89.6 Å². The maximum absolute atomic E-state index is 12.8. The first kappa shape index (κ1) is 57.2. The second-order valence-electron chi connectivity index (χ2n) is 18.3. The van der Waals surface area contributed by atoms with Gasteiger partial charge in [-0.15, -0.1) is 0 Å². The van der Waals surface area contributed by atoms with Crippen LogP contribution in [0.1, 0.15) is 258 Å². The molecule has 4 N–H and O–H groups in total. The third kappa shape index (κ3) is 33.7. The third-order valence-corrected chi connectivity index (χ3v) is 12.5. The number of rotatable bonds is 46.